The summed E-state index contributed by atoms with van der Waals surface area (Å²) >= 11 is 0. The van der Waals surface area contributed by atoms with E-state index in [0.717, 1.165) is 12.8 Å². The molecule has 135 valence electrons. The first-order chi connectivity index (χ1) is 11.3. The lowest BCUT2D eigenvalue weighted by atomic mass is 10.1. The Morgan fingerprint density at radius 3 is 1.87 bits per heavy atom. The Kier molecular flexibility index (Phi) is 18.6. The van der Waals surface area contributed by atoms with Gasteiger partial charge in [-0.3, -0.25) is 4.79 Å². The summed E-state index contributed by atoms with van der Waals surface area (Å²) in [6, 6.07) is 0. The number of carbonyl (C=O) groups is 1. The van der Waals surface area contributed by atoms with Crippen LogP contribution in [-0.2, 0) is 9.53 Å². The number of allylic oxidation sites excluding steroid dienone is 2. The van der Waals surface area contributed by atoms with Crippen molar-refractivity contribution in [2.24, 2.45) is 0 Å². The van der Waals surface area contributed by atoms with Gasteiger partial charge in [0.2, 0.25) is 0 Å². The third-order valence-corrected chi connectivity index (χ3v) is 4.05. The quantitative estimate of drug-likeness (QED) is 0.167. The van der Waals surface area contributed by atoms with Crippen molar-refractivity contribution >= 4 is 5.97 Å². The zero-order valence-electron chi connectivity index (χ0n) is 15.7. The molecule has 0 unspecified atom stereocenters. The van der Waals surface area contributed by atoms with Crippen molar-refractivity contribution in [3.8, 4) is 0 Å². The maximum absolute atomic E-state index is 11.3. The molecule has 0 fully saturated rings. The van der Waals surface area contributed by atoms with E-state index < -0.39 is 0 Å². The molecular weight excluding hydrogens is 284 g/mol. The van der Waals surface area contributed by atoms with Gasteiger partial charge in [0, 0.05) is 6.42 Å². The van der Waals surface area contributed by atoms with Gasteiger partial charge in [0.25, 0.3) is 0 Å². The van der Waals surface area contributed by atoms with E-state index in [1.807, 2.05) is 13.3 Å². The minimum atomic E-state index is -0.0549. The zero-order chi connectivity index (χ0) is 17.0. The van der Waals surface area contributed by atoms with E-state index in [-0.39, 0.29) is 5.97 Å². The highest BCUT2D eigenvalue weighted by molar-refractivity contribution is 5.69. The molecule has 0 saturated carbocycles. The van der Waals surface area contributed by atoms with Crippen LogP contribution in [0.25, 0.3) is 0 Å². The molecule has 0 aliphatic rings. The lowest BCUT2D eigenvalue weighted by Crippen LogP contribution is -2.04. The summed E-state index contributed by atoms with van der Waals surface area (Å²) in [6.07, 6.45) is 23.8. The Balaban J connectivity index is 3.14. The molecular formula is C21H39O2. The van der Waals surface area contributed by atoms with Crippen LogP contribution in [0.1, 0.15) is 104 Å². The molecule has 1 radical (unpaired) electrons. The summed E-state index contributed by atoms with van der Waals surface area (Å²) in [5.41, 5.74) is 0. The smallest absolute Gasteiger partial charge is 0.305 e. The van der Waals surface area contributed by atoms with Crippen LogP contribution in [0.5, 0.6) is 0 Å². The van der Waals surface area contributed by atoms with Gasteiger partial charge in [-0.2, -0.15) is 0 Å². The average molecular weight is 324 g/mol. The third kappa shape index (κ3) is 19.2. The minimum absolute atomic E-state index is 0.0549. The lowest BCUT2D eigenvalue weighted by Gasteiger charge is -2.02. The van der Waals surface area contributed by atoms with Crippen LogP contribution in [-0.4, -0.2) is 12.6 Å². The number of unbranched alkanes of at least 4 members (excludes halogenated alkanes) is 11. The van der Waals surface area contributed by atoms with Crippen molar-refractivity contribution < 1.29 is 9.53 Å². The Hall–Kier alpha value is -0.790. The fraction of sp³-hybridized carbons (Fsp3) is 0.810. The maximum Gasteiger partial charge on any atom is 0.305 e. The summed E-state index contributed by atoms with van der Waals surface area (Å²) in [5, 5.41) is 0. The summed E-state index contributed by atoms with van der Waals surface area (Å²) in [7, 11) is 0. The van der Waals surface area contributed by atoms with Gasteiger partial charge in [-0.05, 0) is 38.5 Å². The number of esters is 1. The number of ether oxygens (including phenoxy) is 1. The lowest BCUT2D eigenvalue weighted by molar-refractivity contribution is -0.142. The van der Waals surface area contributed by atoms with E-state index in [1.54, 1.807) is 0 Å². The topological polar surface area (TPSA) is 26.3 Å². The predicted octanol–water partition coefficient (Wildman–Crippen LogP) is 6.79. The van der Waals surface area contributed by atoms with E-state index in [1.165, 1.54) is 70.6 Å². The molecule has 0 rings (SSSR count). The molecule has 0 aromatic rings. The summed E-state index contributed by atoms with van der Waals surface area (Å²) < 4.78 is 5.01. The van der Waals surface area contributed by atoms with E-state index >= 15 is 0 Å². The second-order valence-electron chi connectivity index (χ2n) is 6.43. The number of carbonyl (C=O) groups excluding carboxylic acids is 1. The van der Waals surface area contributed by atoms with Crippen LogP contribution in [0.3, 0.4) is 0 Å². The normalized spacial score (nSPS) is 11.2. The first-order valence-electron chi connectivity index (χ1n) is 9.89. The molecule has 0 saturated heterocycles. The highest BCUT2D eigenvalue weighted by Crippen LogP contribution is 2.10. The summed E-state index contributed by atoms with van der Waals surface area (Å²) in [5.74, 6) is -0.0549. The van der Waals surface area contributed by atoms with Gasteiger partial charge in [0.1, 0.15) is 0 Å². The van der Waals surface area contributed by atoms with E-state index in [2.05, 4.69) is 19.1 Å². The predicted molar refractivity (Wildman–Crippen MR) is 100 cm³/mol. The fourth-order valence-corrected chi connectivity index (χ4v) is 2.59. The molecule has 2 heteroatoms. The molecule has 2 nitrogen and oxygen atoms in total. The molecule has 0 aliphatic heterocycles. The van der Waals surface area contributed by atoms with Crippen LogP contribution >= 0.6 is 0 Å². The highest BCUT2D eigenvalue weighted by atomic mass is 16.5. The first kappa shape index (κ1) is 22.2. The molecule has 0 spiro atoms. The van der Waals surface area contributed by atoms with Gasteiger partial charge < -0.3 is 4.74 Å². The molecule has 0 aromatic heterocycles. The van der Waals surface area contributed by atoms with Crippen LogP contribution in [0.2, 0.25) is 0 Å². The Bertz CT molecular complexity index is 271. The van der Waals surface area contributed by atoms with Crippen molar-refractivity contribution in [2.45, 2.75) is 104 Å². The summed E-state index contributed by atoms with van der Waals surface area (Å²) in [6.45, 7) is 4.61. The minimum Gasteiger partial charge on any atom is -0.465 e. The molecule has 0 aliphatic carbocycles. The Morgan fingerprint density at radius 2 is 1.30 bits per heavy atom. The SMILES string of the molecule is C[CH]COC(=O)CCCCCCC/C=C\CCCCCCCC. The van der Waals surface area contributed by atoms with Crippen molar-refractivity contribution in [1.82, 2.24) is 0 Å². The van der Waals surface area contributed by atoms with Gasteiger partial charge in [0.05, 0.1) is 6.61 Å². The monoisotopic (exact) mass is 323 g/mol. The van der Waals surface area contributed by atoms with Crippen molar-refractivity contribution in [1.29, 1.82) is 0 Å². The van der Waals surface area contributed by atoms with E-state index in [9.17, 15) is 4.79 Å². The van der Waals surface area contributed by atoms with Gasteiger partial charge in [-0.1, -0.05) is 77.4 Å². The molecule has 0 amide bonds. The molecule has 0 heterocycles. The second kappa shape index (κ2) is 19.3. The van der Waals surface area contributed by atoms with Gasteiger partial charge >= 0.3 is 5.97 Å². The van der Waals surface area contributed by atoms with Crippen molar-refractivity contribution in [3.05, 3.63) is 18.6 Å². The van der Waals surface area contributed by atoms with Crippen LogP contribution in [0, 0.1) is 6.42 Å². The van der Waals surface area contributed by atoms with Crippen LogP contribution in [0.4, 0.5) is 0 Å². The first-order valence-corrected chi connectivity index (χ1v) is 9.89. The standard InChI is InChI=1S/C21H39O2/c1-3-5-6-7-8-9-10-11-12-13-14-15-16-17-18-19-21(22)23-20-4-2/h4,11-12H,3,5-10,13-20H2,1-2H3/b12-11-. The third-order valence-electron chi connectivity index (χ3n) is 4.05. The number of rotatable bonds is 17. The largest absolute Gasteiger partial charge is 0.465 e. The molecule has 0 atom stereocenters. The van der Waals surface area contributed by atoms with E-state index in [4.69, 9.17) is 4.74 Å². The Labute approximate surface area is 145 Å². The average Bonchev–Trinajstić information content (AvgIpc) is 2.56. The Morgan fingerprint density at radius 1 is 0.783 bits per heavy atom. The number of hydrogen-bond donors (Lipinski definition) is 0. The van der Waals surface area contributed by atoms with Crippen LogP contribution < -0.4 is 0 Å². The molecule has 0 aromatic carbocycles. The van der Waals surface area contributed by atoms with E-state index in [0.29, 0.717) is 13.0 Å². The van der Waals surface area contributed by atoms with Gasteiger partial charge in [-0.25, -0.2) is 0 Å². The van der Waals surface area contributed by atoms with Crippen molar-refractivity contribution in [2.75, 3.05) is 6.61 Å². The maximum atomic E-state index is 11.3. The summed E-state index contributed by atoms with van der Waals surface area (Å²) in [4.78, 5) is 11.3. The van der Waals surface area contributed by atoms with Crippen LogP contribution in [0.15, 0.2) is 12.2 Å². The molecule has 23 heavy (non-hydrogen) atoms. The van der Waals surface area contributed by atoms with Gasteiger partial charge in [-0.15, -0.1) is 0 Å². The second-order valence-corrected chi connectivity index (χ2v) is 6.43. The number of hydrogen-bond acceptors (Lipinski definition) is 2. The fourth-order valence-electron chi connectivity index (χ4n) is 2.59. The van der Waals surface area contributed by atoms with Gasteiger partial charge in [0.15, 0.2) is 0 Å². The molecule has 0 N–H and O–H groups in total. The van der Waals surface area contributed by atoms with Crippen molar-refractivity contribution in [3.63, 3.8) is 0 Å². The molecule has 0 bridgehead atoms. The highest BCUT2D eigenvalue weighted by Gasteiger charge is 2.01. The zero-order valence-corrected chi connectivity index (χ0v) is 15.7.